The summed E-state index contributed by atoms with van der Waals surface area (Å²) in [5.74, 6) is -0.837. The highest BCUT2D eigenvalue weighted by atomic mass is 19.1. The lowest BCUT2D eigenvalue weighted by Crippen LogP contribution is -2.50. The highest BCUT2D eigenvalue weighted by molar-refractivity contribution is 5.95. The lowest BCUT2D eigenvalue weighted by atomic mass is 10.2. The second kappa shape index (κ2) is 8.86. The predicted molar refractivity (Wildman–Crippen MR) is 110 cm³/mol. The molecular weight excluding hydrogens is 403 g/mol. The monoisotopic (exact) mass is 424 g/mol. The van der Waals surface area contributed by atoms with Gasteiger partial charge in [-0.25, -0.2) is 4.39 Å². The number of hydrogen-bond donors (Lipinski definition) is 1. The Hall–Kier alpha value is -3.88. The molecule has 1 fully saturated rings. The molecule has 0 saturated carbocycles. The highest BCUT2D eigenvalue weighted by Gasteiger charge is 2.27. The van der Waals surface area contributed by atoms with E-state index in [1.54, 1.807) is 44.8 Å². The van der Waals surface area contributed by atoms with E-state index in [2.05, 4.69) is 5.32 Å². The Balaban J connectivity index is 1.35. The summed E-state index contributed by atoms with van der Waals surface area (Å²) in [7, 11) is 0. The number of nitrogens with one attached hydrogen (secondary N) is 1. The molecule has 8 nitrogen and oxygen atoms in total. The van der Waals surface area contributed by atoms with Crippen molar-refractivity contribution in [3.8, 4) is 0 Å². The van der Waals surface area contributed by atoms with Crippen molar-refractivity contribution in [2.45, 2.75) is 6.54 Å². The number of nitrogens with zero attached hydrogens (tertiary/aromatic N) is 3. The zero-order valence-electron chi connectivity index (χ0n) is 16.7. The first-order valence-electron chi connectivity index (χ1n) is 9.84. The minimum atomic E-state index is -0.387. The Morgan fingerprint density at radius 3 is 2.23 bits per heavy atom. The van der Waals surface area contributed by atoms with Gasteiger partial charge in [0.1, 0.15) is 18.1 Å². The van der Waals surface area contributed by atoms with Gasteiger partial charge in [0.25, 0.3) is 11.8 Å². The maximum absolute atomic E-state index is 13.0. The molecule has 0 radical (unpaired) electrons. The largest absolute Gasteiger partial charge is 0.459 e. The molecule has 0 spiro atoms. The van der Waals surface area contributed by atoms with Crippen molar-refractivity contribution < 1.29 is 23.2 Å². The third-order valence-electron chi connectivity index (χ3n) is 5.08. The number of carbonyl (C=O) groups is 3. The maximum atomic E-state index is 13.0. The molecule has 0 aliphatic carbocycles. The van der Waals surface area contributed by atoms with E-state index < -0.39 is 0 Å². The van der Waals surface area contributed by atoms with Crippen LogP contribution in [0.1, 0.15) is 21.0 Å². The van der Waals surface area contributed by atoms with Crippen molar-refractivity contribution in [1.82, 2.24) is 14.4 Å². The van der Waals surface area contributed by atoms with Crippen molar-refractivity contribution in [2.75, 3.05) is 31.5 Å². The van der Waals surface area contributed by atoms with Crippen molar-refractivity contribution in [1.29, 1.82) is 0 Å². The van der Waals surface area contributed by atoms with Crippen molar-refractivity contribution in [3.05, 3.63) is 78.3 Å². The van der Waals surface area contributed by atoms with Crippen LogP contribution < -0.4 is 5.32 Å². The Bertz CT molecular complexity index is 1070. The second-order valence-electron chi connectivity index (χ2n) is 7.14. The van der Waals surface area contributed by atoms with Gasteiger partial charge in [-0.3, -0.25) is 14.4 Å². The average molecular weight is 424 g/mol. The zero-order valence-corrected chi connectivity index (χ0v) is 16.7. The second-order valence-corrected chi connectivity index (χ2v) is 7.14. The van der Waals surface area contributed by atoms with Crippen LogP contribution in [-0.4, -0.2) is 58.3 Å². The molecule has 3 aromatic rings. The smallest absolute Gasteiger partial charge is 0.289 e. The van der Waals surface area contributed by atoms with E-state index in [1.807, 2.05) is 0 Å². The minimum Gasteiger partial charge on any atom is -0.459 e. The molecule has 0 unspecified atom stereocenters. The first-order chi connectivity index (χ1) is 15.0. The molecule has 2 aromatic heterocycles. The fourth-order valence-electron chi connectivity index (χ4n) is 3.47. The molecule has 1 saturated heterocycles. The third kappa shape index (κ3) is 4.66. The summed E-state index contributed by atoms with van der Waals surface area (Å²) in [4.78, 5) is 41.0. The van der Waals surface area contributed by atoms with Gasteiger partial charge in [-0.1, -0.05) is 0 Å². The Morgan fingerprint density at radius 2 is 1.58 bits per heavy atom. The lowest BCUT2D eigenvalue weighted by Gasteiger charge is -2.34. The summed E-state index contributed by atoms with van der Waals surface area (Å²) in [5.41, 5.74) is 0.865. The number of aromatic nitrogens is 1. The fourth-order valence-corrected chi connectivity index (χ4v) is 3.47. The number of carbonyl (C=O) groups excluding carboxylic acids is 3. The van der Waals surface area contributed by atoms with Gasteiger partial charge >= 0.3 is 0 Å². The van der Waals surface area contributed by atoms with Gasteiger partial charge in [-0.2, -0.15) is 0 Å². The number of amides is 3. The minimum absolute atomic E-state index is 0.0532. The summed E-state index contributed by atoms with van der Waals surface area (Å²) in [6.45, 7) is 1.52. The molecule has 31 heavy (non-hydrogen) atoms. The van der Waals surface area contributed by atoms with E-state index in [4.69, 9.17) is 4.42 Å². The van der Waals surface area contributed by atoms with Gasteiger partial charge in [0.2, 0.25) is 5.91 Å². The molecule has 3 amide bonds. The van der Waals surface area contributed by atoms with Gasteiger partial charge in [-0.05, 0) is 48.5 Å². The molecule has 3 heterocycles. The lowest BCUT2D eigenvalue weighted by molar-refractivity contribution is -0.116. The van der Waals surface area contributed by atoms with E-state index in [-0.39, 0.29) is 35.8 Å². The molecule has 1 aromatic carbocycles. The van der Waals surface area contributed by atoms with Crippen molar-refractivity contribution in [3.63, 3.8) is 0 Å². The molecule has 1 aliphatic rings. The normalized spacial score (nSPS) is 13.8. The number of rotatable bonds is 5. The predicted octanol–water partition coefficient (Wildman–Crippen LogP) is 2.46. The molecule has 9 heteroatoms. The maximum Gasteiger partial charge on any atom is 0.289 e. The van der Waals surface area contributed by atoms with E-state index >= 15 is 0 Å². The first-order valence-corrected chi connectivity index (χ1v) is 9.84. The van der Waals surface area contributed by atoms with Crippen LogP contribution in [0.2, 0.25) is 0 Å². The Kier molecular flexibility index (Phi) is 5.83. The summed E-state index contributed by atoms with van der Waals surface area (Å²) in [6.07, 6.45) is 3.11. The van der Waals surface area contributed by atoms with Crippen LogP contribution in [-0.2, 0) is 11.3 Å². The van der Waals surface area contributed by atoms with Crippen LogP contribution >= 0.6 is 0 Å². The Morgan fingerprint density at radius 1 is 0.903 bits per heavy atom. The summed E-state index contributed by atoms with van der Waals surface area (Å²) < 4.78 is 19.7. The van der Waals surface area contributed by atoms with Crippen LogP contribution in [0.15, 0.2) is 65.4 Å². The molecule has 4 rings (SSSR count). The topological polar surface area (TPSA) is 87.8 Å². The number of hydrogen-bond acceptors (Lipinski definition) is 4. The molecule has 0 bridgehead atoms. The van der Waals surface area contributed by atoms with Crippen LogP contribution in [0.4, 0.5) is 10.1 Å². The number of benzene rings is 1. The number of furan rings is 1. The van der Waals surface area contributed by atoms with Crippen molar-refractivity contribution >= 4 is 23.4 Å². The highest BCUT2D eigenvalue weighted by Crippen LogP contribution is 2.14. The standard InChI is InChI=1S/C22H21FN4O4/c23-16-5-7-17(8-6-16)24-20(28)15-27-9-1-3-18(27)21(29)25-10-12-26(13-11-25)22(30)19-4-2-14-31-19/h1-9,14H,10-13,15H2,(H,24,28). The van der Waals surface area contributed by atoms with Crippen LogP contribution in [0.5, 0.6) is 0 Å². The first kappa shape index (κ1) is 20.4. The average Bonchev–Trinajstić information content (AvgIpc) is 3.47. The third-order valence-corrected chi connectivity index (χ3v) is 5.08. The van der Waals surface area contributed by atoms with E-state index in [0.717, 1.165) is 0 Å². The van der Waals surface area contributed by atoms with Crippen molar-refractivity contribution in [2.24, 2.45) is 0 Å². The number of piperazine rings is 1. The van der Waals surface area contributed by atoms with Gasteiger partial charge in [0.05, 0.1) is 6.26 Å². The molecule has 160 valence electrons. The molecule has 1 aliphatic heterocycles. The summed E-state index contributed by atoms with van der Waals surface area (Å²) in [6, 6.07) is 12.1. The van der Waals surface area contributed by atoms with Gasteiger partial charge in [0.15, 0.2) is 5.76 Å². The summed E-state index contributed by atoms with van der Waals surface area (Å²) >= 11 is 0. The fraction of sp³-hybridized carbons (Fsp3) is 0.227. The van der Waals surface area contributed by atoms with Gasteiger partial charge < -0.3 is 24.1 Å². The van der Waals surface area contributed by atoms with E-state index in [9.17, 15) is 18.8 Å². The molecule has 1 N–H and O–H groups in total. The SMILES string of the molecule is O=C(Cn1cccc1C(=O)N1CCN(C(=O)c2ccco2)CC1)Nc1ccc(F)cc1. The van der Waals surface area contributed by atoms with Crippen LogP contribution in [0, 0.1) is 5.82 Å². The summed E-state index contributed by atoms with van der Waals surface area (Å²) in [5, 5.41) is 2.68. The van der Waals surface area contributed by atoms with Gasteiger partial charge in [0, 0.05) is 38.1 Å². The molecular formula is C22H21FN4O4. The van der Waals surface area contributed by atoms with E-state index in [1.165, 1.54) is 30.5 Å². The van der Waals surface area contributed by atoms with E-state index in [0.29, 0.717) is 37.6 Å². The van der Waals surface area contributed by atoms with Gasteiger partial charge in [-0.15, -0.1) is 0 Å². The zero-order chi connectivity index (χ0) is 21.8. The quantitative estimate of drug-likeness (QED) is 0.682. The molecule has 0 atom stereocenters. The van der Waals surface area contributed by atoms with Crippen LogP contribution in [0.25, 0.3) is 0 Å². The number of anilines is 1. The van der Waals surface area contributed by atoms with Crippen LogP contribution in [0.3, 0.4) is 0 Å². The Labute approximate surface area is 177 Å². The number of halogens is 1.